The first-order valence-corrected chi connectivity index (χ1v) is 5.99. The molecule has 0 bridgehead atoms. The van der Waals surface area contributed by atoms with Crippen molar-refractivity contribution >= 4 is 11.4 Å². The molecule has 0 saturated carbocycles. The molecule has 0 unspecified atom stereocenters. The highest BCUT2D eigenvalue weighted by atomic mass is 16.6. The van der Waals surface area contributed by atoms with Crippen LogP contribution in [0.15, 0.2) is 29.0 Å². The molecule has 104 valence electrons. The average Bonchev–Trinajstić information content (AvgIpc) is 2.90. The number of anilines is 1. The van der Waals surface area contributed by atoms with Crippen molar-refractivity contribution in [1.29, 1.82) is 0 Å². The highest BCUT2D eigenvalue weighted by Gasteiger charge is 2.35. The summed E-state index contributed by atoms with van der Waals surface area (Å²) >= 11 is 0. The standard InChI is InChI=1S/C12H12N4O4/c1-12(5-19-6-12)15-9-4-8(11-13-7-14-20-11)2-3-10(9)16(17)18/h2-4,7,15H,5-6H2,1H3. The summed E-state index contributed by atoms with van der Waals surface area (Å²) in [6.07, 6.45) is 1.28. The monoisotopic (exact) mass is 276 g/mol. The maximum absolute atomic E-state index is 11.1. The number of nitrogens with one attached hydrogen (secondary N) is 1. The maximum atomic E-state index is 11.1. The summed E-state index contributed by atoms with van der Waals surface area (Å²) in [5.41, 5.74) is 0.746. The molecule has 0 radical (unpaired) electrons. The van der Waals surface area contributed by atoms with E-state index in [1.165, 1.54) is 12.4 Å². The Bertz CT molecular complexity index is 637. The van der Waals surface area contributed by atoms with E-state index in [-0.39, 0.29) is 11.2 Å². The average molecular weight is 276 g/mol. The number of nitrogens with zero attached hydrogens (tertiary/aromatic N) is 3. The molecular formula is C12H12N4O4. The van der Waals surface area contributed by atoms with E-state index in [0.717, 1.165) is 0 Å². The molecule has 2 heterocycles. The predicted molar refractivity (Wildman–Crippen MR) is 69.2 cm³/mol. The van der Waals surface area contributed by atoms with Gasteiger partial charge in [-0.3, -0.25) is 10.1 Å². The van der Waals surface area contributed by atoms with Crippen molar-refractivity contribution in [3.05, 3.63) is 34.6 Å². The molecule has 0 spiro atoms. The molecule has 1 N–H and O–H groups in total. The summed E-state index contributed by atoms with van der Waals surface area (Å²) in [4.78, 5) is 14.6. The van der Waals surface area contributed by atoms with Gasteiger partial charge in [-0.25, -0.2) is 0 Å². The first-order valence-electron chi connectivity index (χ1n) is 5.99. The SMILES string of the molecule is CC1(Nc2cc(-c3ncno3)ccc2[N+](=O)[O-])COC1. The van der Waals surface area contributed by atoms with Gasteiger partial charge in [0.05, 0.1) is 23.7 Å². The molecule has 0 aliphatic carbocycles. The van der Waals surface area contributed by atoms with Crippen LogP contribution in [-0.4, -0.2) is 33.8 Å². The molecule has 1 aliphatic heterocycles. The molecule has 3 rings (SSSR count). The Labute approximate surface area is 113 Å². The summed E-state index contributed by atoms with van der Waals surface area (Å²) in [5, 5.41) is 17.8. The van der Waals surface area contributed by atoms with Gasteiger partial charge in [-0.2, -0.15) is 4.98 Å². The van der Waals surface area contributed by atoms with Crippen LogP contribution in [0.2, 0.25) is 0 Å². The summed E-state index contributed by atoms with van der Waals surface area (Å²) in [7, 11) is 0. The number of ether oxygens (including phenoxy) is 1. The minimum absolute atomic E-state index is 0.00129. The summed E-state index contributed by atoms with van der Waals surface area (Å²) in [6.45, 7) is 2.96. The van der Waals surface area contributed by atoms with Crippen molar-refractivity contribution < 1.29 is 14.2 Å². The fourth-order valence-electron chi connectivity index (χ4n) is 2.03. The van der Waals surface area contributed by atoms with Crippen LogP contribution < -0.4 is 5.32 Å². The Kier molecular flexibility index (Phi) is 2.87. The zero-order valence-electron chi connectivity index (χ0n) is 10.7. The summed E-state index contributed by atoms with van der Waals surface area (Å²) in [6, 6.07) is 4.64. The molecule has 1 fully saturated rings. The Hall–Kier alpha value is -2.48. The van der Waals surface area contributed by atoms with Gasteiger partial charge < -0.3 is 14.6 Å². The van der Waals surface area contributed by atoms with Crippen molar-refractivity contribution in [2.24, 2.45) is 0 Å². The first kappa shape index (κ1) is 12.5. The highest BCUT2D eigenvalue weighted by Crippen LogP contribution is 2.33. The topological polar surface area (TPSA) is 103 Å². The number of nitro groups is 1. The van der Waals surface area contributed by atoms with E-state index in [9.17, 15) is 10.1 Å². The number of benzene rings is 1. The minimum atomic E-state index is -0.428. The van der Waals surface area contributed by atoms with Crippen LogP contribution in [0, 0.1) is 10.1 Å². The summed E-state index contributed by atoms with van der Waals surface area (Å²) < 4.78 is 10.1. The molecule has 1 aliphatic rings. The van der Waals surface area contributed by atoms with E-state index in [1.54, 1.807) is 12.1 Å². The van der Waals surface area contributed by atoms with Crippen molar-refractivity contribution in [1.82, 2.24) is 10.1 Å². The first-order chi connectivity index (χ1) is 9.57. The van der Waals surface area contributed by atoms with Crippen molar-refractivity contribution in [3.63, 3.8) is 0 Å². The van der Waals surface area contributed by atoms with E-state index < -0.39 is 4.92 Å². The van der Waals surface area contributed by atoms with Crippen LogP contribution in [0.1, 0.15) is 6.92 Å². The van der Waals surface area contributed by atoms with Crippen LogP contribution >= 0.6 is 0 Å². The number of nitro benzene ring substituents is 1. The van der Waals surface area contributed by atoms with Crippen LogP contribution in [0.5, 0.6) is 0 Å². The Morgan fingerprint density at radius 2 is 2.25 bits per heavy atom. The van der Waals surface area contributed by atoms with Crippen LogP contribution in [0.3, 0.4) is 0 Å². The normalized spacial score (nSPS) is 16.4. The molecule has 0 amide bonds. The molecule has 2 aromatic rings. The number of aromatic nitrogens is 2. The number of hydrogen-bond acceptors (Lipinski definition) is 7. The fourth-order valence-corrected chi connectivity index (χ4v) is 2.03. The van der Waals surface area contributed by atoms with Gasteiger partial charge in [0.1, 0.15) is 5.69 Å². The lowest BCUT2D eigenvalue weighted by molar-refractivity contribution is -0.384. The molecule has 1 saturated heterocycles. The van der Waals surface area contributed by atoms with E-state index in [4.69, 9.17) is 9.26 Å². The van der Waals surface area contributed by atoms with Crippen molar-refractivity contribution in [2.75, 3.05) is 18.5 Å². The lowest BCUT2D eigenvalue weighted by Crippen LogP contribution is -2.53. The summed E-state index contributed by atoms with van der Waals surface area (Å²) in [5.74, 6) is 0.318. The maximum Gasteiger partial charge on any atom is 0.292 e. The highest BCUT2D eigenvalue weighted by molar-refractivity contribution is 5.71. The van der Waals surface area contributed by atoms with Gasteiger partial charge in [0.25, 0.3) is 11.6 Å². The molecular weight excluding hydrogens is 264 g/mol. The van der Waals surface area contributed by atoms with Gasteiger partial charge >= 0.3 is 0 Å². The van der Waals surface area contributed by atoms with Gasteiger partial charge in [-0.1, -0.05) is 5.16 Å². The zero-order valence-corrected chi connectivity index (χ0v) is 10.7. The Balaban J connectivity index is 1.99. The molecule has 1 aromatic heterocycles. The van der Waals surface area contributed by atoms with E-state index in [2.05, 4.69) is 15.5 Å². The number of rotatable bonds is 4. The Morgan fingerprint density at radius 1 is 1.45 bits per heavy atom. The molecule has 8 heteroatoms. The third kappa shape index (κ3) is 2.21. The predicted octanol–water partition coefficient (Wildman–Crippen LogP) is 1.85. The second-order valence-corrected chi connectivity index (χ2v) is 4.91. The van der Waals surface area contributed by atoms with Gasteiger partial charge in [0.15, 0.2) is 6.33 Å². The quantitative estimate of drug-likeness (QED) is 0.671. The lowest BCUT2D eigenvalue weighted by Gasteiger charge is -2.39. The van der Waals surface area contributed by atoms with Crippen LogP contribution in [-0.2, 0) is 4.74 Å². The van der Waals surface area contributed by atoms with E-state index in [1.807, 2.05) is 6.92 Å². The zero-order chi connectivity index (χ0) is 14.2. The molecule has 1 aromatic carbocycles. The smallest absolute Gasteiger partial charge is 0.292 e. The van der Waals surface area contributed by atoms with Gasteiger partial charge in [-0.05, 0) is 19.1 Å². The second-order valence-electron chi connectivity index (χ2n) is 4.91. The minimum Gasteiger partial charge on any atom is -0.376 e. The van der Waals surface area contributed by atoms with E-state index in [0.29, 0.717) is 30.4 Å². The Morgan fingerprint density at radius 3 is 2.80 bits per heavy atom. The fraction of sp³-hybridized carbons (Fsp3) is 0.333. The number of hydrogen-bond donors (Lipinski definition) is 1. The third-order valence-electron chi connectivity index (χ3n) is 3.08. The largest absolute Gasteiger partial charge is 0.376 e. The molecule has 20 heavy (non-hydrogen) atoms. The van der Waals surface area contributed by atoms with E-state index >= 15 is 0 Å². The van der Waals surface area contributed by atoms with Crippen LogP contribution in [0.4, 0.5) is 11.4 Å². The lowest BCUT2D eigenvalue weighted by atomic mass is 9.99. The van der Waals surface area contributed by atoms with Crippen molar-refractivity contribution in [3.8, 4) is 11.5 Å². The van der Waals surface area contributed by atoms with Crippen LogP contribution in [0.25, 0.3) is 11.5 Å². The van der Waals surface area contributed by atoms with Gasteiger partial charge in [-0.15, -0.1) is 0 Å². The third-order valence-corrected chi connectivity index (χ3v) is 3.08. The van der Waals surface area contributed by atoms with Gasteiger partial charge in [0.2, 0.25) is 0 Å². The van der Waals surface area contributed by atoms with Gasteiger partial charge in [0, 0.05) is 11.6 Å². The molecule has 8 nitrogen and oxygen atoms in total. The second kappa shape index (κ2) is 4.57. The van der Waals surface area contributed by atoms with Crippen molar-refractivity contribution in [2.45, 2.75) is 12.5 Å². The molecule has 0 atom stereocenters.